The van der Waals surface area contributed by atoms with Crippen LogP contribution in [0.3, 0.4) is 0 Å². The van der Waals surface area contributed by atoms with Crippen LogP contribution in [0, 0.1) is 11.8 Å². The molecule has 1 atom stereocenters. The van der Waals surface area contributed by atoms with Crippen molar-refractivity contribution in [2.75, 3.05) is 24.5 Å². The maximum atomic E-state index is 12.9. The van der Waals surface area contributed by atoms with Crippen molar-refractivity contribution in [2.45, 2.75) is 30.8 Å². The third-order valence-corrected chi connectivity index (χ3v) is 6.97. The number of benzene rings is 1. The molecule has 5 heterocycles. The van der Waals surface area contributed by atoms with Crippen molar-refractivity contribution in [3.05, 3.63) is 52.2 Å². The number of imide groups is 1. The Morgan fingerprint density at radius 3 is 2.47 bits per heavy atom. The van der Waals surface area contributed by atoms with Crippen molar-refractivity contribution < 1.29 is 9.59 Å². The summed E-state index contributed by atoms with van der Waals surface area (Å²) in [6.07, 6.45) is 5.17. The normalized spacial score (nSPS) is 21.0. The van der Waals surface area contributed by atoms with Crippen LogP contribution in [0.4, 0.5) is 5.95 Å². The summed E-state index contributed by atoms with van der Waals surface area (Å²) >= 11 is 0. The number of hydrogen-bond acceptors (Lipinski definition) is 7. The zero-order valence-corrected chi connectivity index (χ0v) is 18.7. The lowest BCUT2D eigenvalue weighted by Crippen LogP contribution is -2.76. The quantitative estimate of drug-likeness (QED) is 0.413. The molecule has 1 spiro atoms. The molecule has 34 heavy (non-hydrogen) atoms. The minimum Gasteiger partial charge on any atom is -0.337 e. The molecular formula is C24H23N7O3. The average molecular weight is 457 g/mol. The second-order valence-electron chi connectivity index (χ2n) is 9.22. The summed E-state index contributed by atoms with van der Waals surface area (Å²) in [6, 6.07) is 4.73. The van der Waals surface area contributed by atoms with Gasteiger partial charge >= 0.3 is 5.69 Å². The number of hydrogen-bond donors (Lipinski definition) is 2. The molecule has 0 bridgehead atoms. The Labute approximate surface area is 195 Å². The van der Waals surface area contributed by atoms with Gasteiger partial charge in [0.05, 0.1) is 22.1 Å². The number of fused-ring (bicyclic) bond motifs is 1. The minimum absolute atomic E-state index is 0.208. The smallest absolute Gasteiger partial charge is 0.329 e. The van der Waals surface area contributed by atoms with Crippen molar-refractivity contribution in [2.24, 2.45) is 7.05 Å². The highest BCUT2D eigenvalue weighted by atomic mass is 16.2. The molecule has 3 saturated heterocycles. The molecule has 1 aromatic carbocycles. The van der Waals surface area contributed by atoms with Crippen molar-refractivity contribution in [1.82, 2.24) is 29.7 Å². The lowest BCUT2D eigenvalue weighted by atomic mass is 9.80. The molecule has 1 unspecified atom stereocenters. The number of carbonyl (C=O) groups excluding carboxylic acids is 2. The van der Waals surface area contributed by atoms with Crippen molar-refractivity contribution in [1.29, 1.82) is 0 Å². The minimum atomic E-state index is -0.706. The molecule has 2 N–H and O–H groups in total. The van der Waals surface area contributed by atoms with E-state index in [2.05, 4.69) is 37.3 Å². The average Bonchev–Trinajstić information content (AvgIpc) is 3.01. The van der Waals surface area contributed by atoms with E-state index in [4.69, 9.17) is 0 Å². The van der Waals surface area contributed by atoms with Gasteiger partial charge in [-0.25, -0.2) is 14.8 Å². The van der Waals surface area contributed by atoms with Crippen LogP contribution in [0.2, 0.25) is 0 Å². The number of piperidine rings is 1. The first-order valence-electron chi connectivity index (χ1n) is 11.3. The highest BCUT2D eigenvalue weighted by Crippen LogP contribution is 2.32. The van der Waals surface area contributed by atoms with E-state index >= 15 is 0 Å². The first-order valence-corrected chi connectivity index (χ1v) is 11.3. The Morgan fingerprint density at radius 2 is 1.79 bits per heavy atom. The summed E-state index contributed by atoms with van der Waals surface area (Å²) in [7, 11) is 1.66. The molecule has 10 nitrogen and oxygen atoms in total. The predicted octanol–water partition coefficient (Wildman–Crippen LogP) is 0.0596. The maximum Gasteiger partial charge on any atom is 0.329 e. The number of nitrogens with zero attached hydrogens (tertiary/aromatic N) is 5. The van der Waals surface area contributed by atoms with Gasteiger partial charge in [-0.2, -0.15) is 0 Å². The summed E-state index contributed by atoms with van der Waals surface area (Å²) in [6.45, 7) is 2.97. The second kappa shape index (κ2) is 7.53. The molecule has 3 aliphatic heterocycles. The van der Waals surface area contributed by atoms with Crippen LogP contribution in [-0.4, -0.2) is 56.1 Å². The molecule has 3 aromatic rings. The fraction of sp³-hybridized carbons (Fsp3) is 0.375. The number of aromatic nitrogens is 4. The van der Waals surface area contributed by atoms with Crippen LogP contribution < -0.4 is 21.2 Å². The van der Waals surface area contributed by atoms with E-state index in [0.29, 0.717) is 23.0 Å². The lowest BCUT2D eigenvalue weighted by Gasteiger charge is -2.56. The molecule has 3 aliphatic rings. The van der Waals surface area contributed by atoms with Crippen molar-refractivity contribution in [3.8, 4) is 11.8 Å². The highest BCUT2D eigenvalue weighted by molar-refractivity contribution is 6.00. The first kappa shape index (κ1) is 20.6. The van der Waals surface area contributed by atoms with E-state index < -0.39 is 11.9 Å². The van der Waals surface area contributed by atoms with Gasteiger partial charge < -0.3 is 10.2 Å². The number of anilines is 1. The topological polar surface area (TPSA) is 114 Å². The maximum absolute atomic E-state index is 12.9. The molecule has 10 heteroatoms. The monoisotopic (exact) mass is 457 g/mol. The van der Waals surface area contributed by atoms with E-state index in [1.807, 2.05) is 12.1 Å². The zero-order valence-electron chi connectivity index (χ0n) is 18.7. The van der Waals surface area contributed by atoms with E-state index in [0.717, 1.165) is 31.1 Å². The molecule has 6 rings (SSSR count). The van der Waals surface area contributed by atoms with Crippen molar-refractivity contribution in [3.63, 3.8) is 0 Å². The molecular weight excluding hydrogens is 434 g/mol. The summed E-state index contributed by atoms with van der Waals surface area (Å²) in [4.78, 5) is 47.8. The lowest BCUT2D eigenvalue weighted by molar-refractivity contribution is -0.135. The zero-order chi connectivity index (χ0) is 23.4. The molecule has 2 aromatic heterocycles. The molecule has 172 valence electrons. The van der Waals surface area contributed by atoms with Gasteiger partial charge in [-0.3, -0.25) is 24.0 Å². The van der Waals surface area contributed by atoms with Crippen LogP contribution in [-0.2, 0) is 16.6 Å². The Kier molecular flexibility index (Phi) is 4.57. The first-order chi connectivity index (χ1) is 16.4. The van der Waals surface area contributed by atoms with Crippen molar-refractivity contribution >= 4 is 28.8 Å². The van der Waals surface area contributed by atoms with E-state index in [-0.39, 0.29) is 23.6 Å². The Bertz CT molecular complexity index is 1450. The van der Waals surface area contributed by atoms with E-state index in [1.165, 1.54) is 15.6 Å². The molecule has 2 amide bonds. The van der Waals surface area contributed by atoms with Crippen LogP contribution in [0.5, 0.6) is 0 Å². The number of nitrogens with one attached hydrogen (secondary N) is 2. The number of amides is 2. The third-order valence-electron chi connectivity index (χ3n) is 6.97. The Balaban J connectivity index is 1.23. The summed E-state index contributed by atoms with van der Waals surface area (Å²) in [5.74, 6) is 6.15. The second-order valence-corrected chi connectivity index (χ2v) is 9.22. The number of rotatable bonds is 2. The van der Waals surface area contributed by atoms with E-state index in [1.54, 1.807) is 25.5 Å². The summed E-state index contributed by atoms with van der Waals surface area (Å²) in [5, 5.41) is 5.80. The van der Waals surface area contributed by atoms with Gasteiger partial charge in [0, 0.05) is 44.5 Å². The summed E-state index contributed by atoms with van der Waals surface area (Å²) in [5.41, 5.74) is 2.71. The fourth-order valence-corrected chi connectivity index (χ4v) is 4.94. The standard InChI is InChI=1S/C24H23N7O3/c1-29-19-10-15(4-5-17(19)31(23(29)34)18-6-7-20(32)28-21(18)33)2-3-16-11-25-22(26-12-16)30-13-24(14-30)8-9-27-24/h4-5,10-12,18,27H,6-9,13-14H2,1H3,(H,28,32,33). The van der Waals surface area contributed by atoms with Gasteiger partial charge in [-0.05, 0) is 37.6 Å². The molecule has 0 saturated carbocycles. The van der Waals surface area contributed by atoms with Crippen LogP contribution in [0.25, 0.3) is 11.0 Å². The molecule has 3 fully saturated rings. The highest BCUT2D eigenvalue weighted by Gasteiger charge is 2.48. The van der Waals surface area contributed by atoms with Gasteiger partial charge in [0.2, 0.25) is 17.8 Å². The predicted molar refractivity (Wildman–Crippen MR) is 124 cm³/mol. The molecule has 0 aliphatic carbocycles. The van der Waals surface area contributed by atoms with Gasteiger partial charge in [-0.1, -0.05) is 11.8 Å². The Hall–Kier alpha value is -3.97. The van der Waals surface area contributed by atoms with Gasteiger partial charge in [0.25, 0.3) is 0 Å². The third kappa shape index (κ3) is 3.28. The fourth-order valence-electron chi connectivity index (χ4n) is 4.94. The van der Waals surface area contributed by atoms with E-state index in [9.17, 15) is 14.4 Å². The number of aryl methyl sites for hydroxylation is 1. The van der Waals surface area contributed by atoms with Gasteiger partial charge in [0.15, 0.2) is 0 Å². The largest absolute Gasteiger partial charge is 0.337 e. The van der Waals surface area contributed by atoms with Crippen LogP contribution in [0.1, 0.15) is 36.4 Å². The number of imidazole rings is 1. The van der Waals surface area contributed by atoms with Gasteiger partial charge in [0.1, 0.15) is 6.04 Å². The SMILES string of the molecule is Cn1c(=O)n(C2CCC(=O)NC2=O)c2ccc(C#Cc3cnc(N4CC5(CCN5)C4)nc3)cc21. The summed E-state index contributed by atoms with van der Waals surface area (Å²) < 4.78 is 2.96. The van der Waals surface area contributed by atoms with Crippen LogP contribution in [0.15, 0.2) is 35.4 Å². The van der Waals surface area contributed by atoms with Crippen LogP contribution >= 0.6 is 0 Å². The number of carbonyl (C=O) groups is 2. The molecule has 0 radical (unpaired) electrons. The van der Waals surface area contributed by atoms with Gasteiger partial charge in [-0.15, -0.1) is 0 Å². The Morgan fingerprint density at radius 1 is 1.06 bits per heavy atom.